The molecule has 5 nitrogen and oxygen atoms in total. The first kappa shape index (κ1) is 18.0. The second kappa shape index (κ2) is 7.59. The molecule has 1 heterocycles. The maximum Gasteiger partial charge on any atom is 0.264 e. The number of ether oxygens (including phenoxy) is 2. The van der Waals surface area contributed by atoms with Gasteiger partial charge in [0.25, 0.3) is 10.0 Å². The first-order valence-electron chi connectivity index (χ1n) is 7.76. The Balaban J connectivity index is 1.72. The Labute approximate surface area is 150 Å². The molecule has 1 unspecified atom stereocenters. The van der Waals surface area contributed by atoms with Crippen LogP contribution in [-0.2, 0) is 14.8 Å². The van der Waals surface area contributed by atoms with Crippen LogP contribution in [0, 0.1) is 5.82 Å². The fourth-order valence-electron chi connectivity index (χ4n) is 2.52. The SMILES string of the molecule is O=S(=O)(Nc1cccc(OCC2CCCO2)c1)c1ccc(Cl)cc1F. The van der Waals surface area contributed by atoms with Gasteiger partial charge in [-0.25, -0.2) is 12.8 Å². The van der Waals surface area contributed by atoms with E-state index in [0.717, 1.165) is 31.6 Å². The van der Waals surface area contributed by atoms with Crippen molar-refractivity contribution in [3.63, 3.8) is 0 Å². The van der Waals surface area contributed by atoms with Crippen LogP contribution in [0.15, 0.2) is 47.4 Å². The lowest BCUT2D eigenvalue weighted by atomic mass is 10.2. The van der Waals surface area contributed by atoms with E-state index in [2.05, 4.69) is 4.72 Å². The summed E-state index contributed by atoms with van der Waals surface area (Å²) in [4.78, 5) is -0.470. The zero-order valence-electron chi connectivity index (χ0n) is 13.2. The van der Waals surface area contributed by atoms with Crippen molar-refractivity contribution in [2.45, 2.75) is 23.8 Å². The minimum atomic E-state index is -4.07. The number of benzene rings is 2. The summed E-state index contributed by atoms with van der Waals surface area (Å²) in [6, 6.07) is 9.87. The molecule has 1 N–H and O–H groups in total. The average Bonchev–Trinajstić information content (AvgIpc) is 3.06. The Morgan fingerprint density at radius 3 is 2.84 bits per heavy atom. The van der Waals surface area contributed by atoms with Crippen molar-refractivity contribution in [3.05, 3.63) is 53.3 Å². The number of anilines is 1. The van der Waals surface area contributed by atoms with Crippen LogP contribution in [-0.4, -0.2) is 27.7 Å². The third-order valence-corrected chi connectivity index (χ3v) is 5.38. The molecule has 0 saturated carbocycles. The monoisotopic (exact) mass is 385 g/mol. The zero-order chi connectivity index (χ0) is 17.9. The van der Waals surface area contributed by atoms with E-state index >= 15 is 0 Å². The van der Waals surface area contributed by atoms with Crippen molar-refractivity contribution in [3.8, 4) is 5.75 Å². The van der Waals surface area contributed by atoms with E-state index in [0.29, 0.717) is 12.4 Å². The van der Waals surface area contributed by atoms with Crippen LogP contribution in [0.4, 0.5) is 10.1 Å². The van der Waals surface area contributed by atoms with Crippen LogP contribution >= 0.6 is 11.6 Å². The minimum absolute atomic E-state index is 0.0588. The molecule has 2 aromatic carbocycles. The molecule has 1 saturated heterocycles. The van der Waals surface area contributed by atoms with Crippen LogP contribution in [0.5, 0.6) is 5.75 Å². The average molecular weight is 386 g/mol. The molecule has 0 aliphatic carbocycles. The summed E-state index contributed by atoms with van der Waals surface area (Å²) in [5.74, 6) is -0.405. The van der Waals surface area contributed by atoms with Gasteiger partial charge in [-0.05, 0) is 43.2 Å². The Hall–Kier alpha value is -1.83. The fourth-order valence-corrected chi connectivity index (χ4v) is 3.79. The third-order valence-electron chi connectivity index (χ3n) is 3.73. The summed E-state index contributed by atoms with van der Waals surface area (Å²) in [5, 5.41) is 0.126. The Morgan fingerprint density at radius 2 is 2.12 bits per heavy atom. The van der Waals surface area contributed by atoms with Gasteiger partial charge in [0.2, 0.25) is 0 Å². The highest BCUT2D eigenvalue weighted by atomic mass is 35.5. The molecule has 1 aliphatic heterocycles. The van der Waals surface area contributed by atoms with E-state index in [4.69, 9.17) is 21.1 Å². The van der Waals surface area contributed by atoms with Crippen LogP contribution in [0.2, 0.25) is 5.02 Å². The molecule has 8 heteroatoms. The summed E-state index contributed by atoms with van der Waals surface area (Å²) < 4.78 is 52.1. The van der Waals surface area contributed by atoms with Gasteiger partial charge >= 0.3 is 0 Å². The molecule has 1 atom stereocenters. The van der Waals surface area contributed by atoms with Crippen molar-refractivity contribution in [2.75, 3.05) is 17.9 Å². The smallest absolute Gasteiger partial charge is 0.264 e. The van der Waals surface area contributed by atoms with Gasteiger partial charge < -0.3 is 9.47 Å². The molecule has 0 radical (unpaired) electrons. The van der Waals surface area contributed by atoms with Crippen molar-refractivity contribution >= 4 is 27.3 Å². The molecule has 0 spiro atoms. The molecular weight excluding hydrogens is 369 g/mol. The maximum atomic E-state index is 13.9. The van der Waals surface area contributed by atoms with Gasteiger partial charge in [-0.15, -0.1) is 0 Å². The molecule has 0 bridgehead atoms. The first-order valence-corrected chi connectivity index (χ1v) is 9.62. The van der Waals surface area contributed by atoms with E-state index < -0.39 is 20.7 Å². The predicted molar refractivity (Wildman–Crippen MR) is 93.1 cm³/mol. The lowest BCUT2D eigenvalue weighted by molar-refractivity contribution is 0.0680. The molecule has 1 aliphatic rings. The lowest BCUT2D eigenvalue weighted by Gasteiger charge is -2.13. The van der Waals surface area contributed by atoms with Gasteiger partial charge in [-0.2, -0.15) is 0 Å². The maximum absolute atomic E-state index is 13.9. The van der Waals surface area contributed by atoms with E-state index in [-0.39, 0.29) is 16.8 Å². The summed E-state index contributed by atoms with van der Waals surface area (Å²) in [6.07, 6.45) is 2.02. The summed E-state index contributed by atoms with van der Waals surface area (Å²) in [5.41, 5.74) is 0.277. The largest absolute Gasteiger partial charge is 0.491 e. The Bertz CT molecular complexity index is 853. The fraction of sp³-hybridized carbons (Fsp3) is 0.294. The van der Waals surface area contributed by atoms with Gasteiger partial charge in [-0.1, -0.05) is 17.7 Å². The number of halogens is 2. The quantitative estimate of drug-likeness (QED) is 0.820. The van der Waals surface area contributed by atoms with Gasteiger partial charge in [-0.3, -0.25) is 4.72 Å². The van der Waals surface area contributed by atoms with E-state index in [9.17, 15) is 12.8 Å². The lowest BCUT2D eigenvalue weighted by Crippen LogP contribution is -2.17. The molecule has 25 heavy (non-hydrogen) atoms. The standard InChI is InChI=1S/C17H17ClFNO4S/c18-12-6-7-17(16(19)9-12)25(21,22)20-13-3-1-4-14(10-13)24-11-15-5-2-8-23-15/h1,3-4,6-7,9-10,15,20H,2,5,8,11H2. The zero-order valence-corrected chi connectivity index (χ0v) is 14.8. The summed E-state index contributed by atoms with van der Waals surface area (Å²) >= 11 is 5.65. The number of rotatable bonds is 6. The molecule has 2 aromatic rings. The number of sulfonamides is 1. The number of hydrogen-bond acceptors (Lipinski definition) is 4. The van der Waals surface area contributed by atoms with Gasteiger partial charge in [0, 0.05) is 17.7 Å². The van der Waals surface area contributed by atoms with Gasteiger partial charge in [0.15, 0.2) is 0 Å². The molecule has 3 rings (SSSR count). The third kappa shape index (κ3) is 4.62. The topological polar surface area (TPSA) is 64.6 Å². The van der Waals surface area contributed by atoms with Gasteiger partial charge in [0.1, 0.15) is 23.1 Å². The highest BCUT2D eigenvalue weighted by Crippen LogP contribution is 2.24. The van der Waals surface area contributed by atoms with Crippen LogP contribution < -0.4 is 9.46 Å². The second-order valence-electron chi connectivity index (χ2n) is 5.65. The molecule has 134 valence electrons. The van der Waals surface area contributed by atoms with Crippen LogP contribution in [0.1, 0.15) is 12.8 Å². The van der Waals surface area contributed by atoms with Crippen LogP contribution in [0.3, 0.4) is 0 Å². The minimum Gasteiger partial charge on any atom is -0.491 e. The Morgan fingerprint density at radius 1 is 1.28 bits per heavy atom. The van der Waals surface area contributed by atoms with Crippen molar-refractivity contribution in [1.29, 1.82) is 0 Å². The molecular formula is C17H17ClFNO4S. The molecule has 1 fully saturated rings. The normalized spacial score (nSPS) is 17.4. The van der Waals surface area contributed by atoms with Crippen molar-refractivity contribution in [2.24, 2.45) is 0 Å². The van der Waals surface area contributed by atoms with Crippen molar-refractivity contribution in [1.82, 2.24) is 0 Å². The Kier molecular flexibility index (Phi) is 5.46. The van der Waals surface area contributed by atoms with E-state index in [1.807, 2.05) is 0 Å². The van der Waals surface area contributed by atoms with Crippen molar-refractivity contribution < 1.29 is 22.3 Å². The summed E-state index contributed by atoms with van der Waals surface area (Å²) in [7, 11) is -4.07. The molecule has 0 aromatic heterocycles. The first-order chi connectivity index (χ1) is 11.9. The van der Waals surface area contributed by atoms with E-state index in [1.54, 1.807) is 24.3 Å². The molecule has 0 amide bonds. The van der Waals surface area contributed by atoms with Gasteiger partial charge in [0.05, 0.1) is 11.8 Å². The highest BCUT2D eigenvalue weighted by Gasteiger charge is 2.20. The highest BCUT2D eigenvalue weighted by molar-refractivity contribution is 7.92. The number of nitrogens with one attached hydrogen (secondary N) is 1. The summed E-state index contributed by atoms with van der Waals surface area (Å²) in [6.45, 7) is 1.14. The van der Waals surface area contributed by atoms with E-state index in [1.165, 1.54) is 6.07 Å². The second-order valence-corrected chi connectivity index (χ2v) is 7.74. The predicted octanol–water partition coefficient (Wildman–Crippen LogP) is 3.84. The van der Waals surface area contributed by atoms with Crippen LogP contribution in [0.25, 0.3) is 0 Å². The number of hydrogen-bond donors (Lipinski definition) is 1.